The summed E-state index contributed by atoms with van der Waals surface area (Å²) in [6, 6.07) is 0. The molecule has 0 saturated carbocycles. The Labute approximate surface area is 160 Å². The number of carbonyl (C=O) groups is 1. The number of carbonyl (C=O) groups excluding carboxylic acids is 1. The van der Waals surface area contributed by atoms with Gasteiger partial charge in [-0.3, -0.25) is 14.7 Å². The van der Waals surface area contributed by atoms with Crippen LogP contribution in [0.3, 0.4) is 0 Å². The zero-order chi connectivity index (χ0) is 18.9. The molecule has 1 saturated heterocycles. The van der Waals surface area contributed by atoms with E-state index in [-0.39, 0.29) is 11.4 Å². The number of nitrogens with zero attached hydrogens (tertiary/aromatic N) is 5. The molecule has 1 spiro atoms. The van der Waals surface area contributed by atoms with Crippen molar-refractivity contribution < 1.29 is 4.79 Å². The molecular weight excluding hydrogens is 340 g/mol. The average molecular weight is 368 g/mol. The van der Waals surface area contributed by atoms with E-state index in [1.807, 2.05) is 18.2 Å². The third-order valence-corrected chi connectivity index (χ3v) is 6.06. The summed E-state index contributed by atoms with van der Waals surface area (Å²) in [6.07, 6.45) is 10.3. The third kappa shape index (κ3) is 3.25. The first-order chi connectivity index (χ1) is 13.1. The number of H-pyrrole nitrogens is 1. The average Bonchev–Trinajstić information content (AvgIpc) is 3.18. The van der Waals surface area contributed by atoms with Crippen LogP contribution < -0.4 is 0 Å². The number of rotatable bonds is 4. The van der Waals surface area contributed by atoms with Gasteiger partial charge in [0, 0.05) is 37.9 Å². The number of piperidine rings is 1. The number of imidazole rings is 1. The smallest absolute Gasteiger partial charge is 0.274 e. The number of hydrogen-bond acceptors (Lipinski definition) is 5. The van der Waals surface area contributed by atoms with Crippen LogP contribution in [0.25, 0.3) is 0 Å². The topological polar surface area (TPSA) is 78.0 Å². The molecule has 1 fully saturated rings. The van der Waals surface area contributed by atoms with Crippen LogP contribution in [0.1, 0.15) is 60.2 Å². The van der Waals surface area contributed by atoms with Gasteiger partial charge in [0.2, 0.25) is 0 Å². The van der Waals surface area contributed by atoms with Gasteiger partial charge in [-0.15, -0.1) is 0 Å². The highest BCUT2D eigenvalue weighted by atomic mass is 16.2. The van der Waals surface area contributed by atoms with Crippen molar-refractivity contribution in [2.45, 2.75) is 51.5 Å². The predicted molar refractivity (Wildman–Crippen MR) is 102 cm³/mol. The summed E-state index contributed by atoms with van der Waals surface area (Å²) >= 11 is 0. The van der Waals surface area contributed by atoms with E-state index in [4.69, 9.17) is 4.98 Å². The Kier molecular flexibility index (Phi) is 4.95. The lowest BCUT2D eigenvalue weighted by molar-refractivity contribution is 0.00612. The van der Waals surface area contributed by atoms with E-state index < -0.39 is 0 Å². The normalized spacial score (nSPS) is 19.3. The summed E-state index contributed by atoms with van der Waals surface area (Å²) in [5, 5.41) is 0. The molecule has 4 rings (SSSR count). The van der Waals surface area contributed by atoms with Gasteiger partial charge in [-0.1, -0.05) is 13.3 Å². The van der Waals surface area contributed by atoms with Crippen molar-refractivity contribution in [1.29, 1.82) is 0 Å². The lowest BCUT2D eigenvalue weighted by Gasteiger charge is -2.50. The van der Waals surface area contributed by atoms with Crippen molar-refractivity contribution in [2.75, 3.05) is 26.2 Å². The summed E-state index contributed by atoms with van der Waals surface area (Å²) in [6.45, 7) is 7.72. The Hall–Kier alpha value is -2.28. The highest BCUT2D eigenvalue weighted by molar-refractivity contribution is 5.92. The molecule has 1 amide bonds. The maximum absolute atomic E-state index is 12.8. The Balaban J connectivity index is 1.53. The minimum Gasteiger partial charge on any atom is -0.348 e. The number of likely N-dealkylation sites (tertiary alicyclic amines) is 1. The molecule has 144 valence electrons. The fraction of sp³-hybridized carbons (Fsp3) is 0.600. The van der Waals surface area contributed by atoms with Crippen LogP contribution in [0.5, 0.6) is 0 Å². The van der Waals surface area contributed by atoms with Crippen LogP contribution in [0.15, 0.2) is 18.7 Å². The van der Waals surface area contributed by atoms with E-state index in [1.165, 1.54) is 24.2 Å². The van der Waals surface area contributed by atoms with Gasteiger partial charge in [0.05, 0.1) is 29.5 Å². The van der Waals surface area contributed by atoms with Crippen molar-refractivity contribution in [1.82, 2.24) is 29.7 Å². The largest absolute Gasteiger partial charge is 0.348 e. The molecule has 0 radical (unpaired) electrons. The molecule has 0 atom stereocenters. The second kappa shape index (κ2) is 7.38. The molecule has 0 bridgehead atoms. The van der Waals surface area contributed by atoms with E-state index in [0.29, 0.717) is 5.69 Å². The minimum atomic E-state index is -0.0432. The maximum atomic E-state index is 12.8. The molecule has 0 aliphatic carbocycles. The van der Waals surface area contributed by atoms with Gasteiger partial charge in [0.25, 0.3) is 5.91 Å². The van der Waals surface area contributed by atoms with Gasteiger partial charge in [-0.05, 0) is 32.7 Å². The van der Waals surface area contributed by atoms with Crippen LogP contribution in [-0.4, -0.2) is 61.8 Å². The summed E-state index contributed by atoms with van der Waals surface area (Å²) in [5.41, 5.74) is 3.69. The zero-order valence-corrected chi connectivity index (χ0v) is 16.2. The van der Waals surface area contributed by atoms with Crippen molar-refractivity contribution >= 4 is 5.91 Å². The van der Waals surface area contributed by atoms with E-state index >= 15 is 0 Å². The van der Waals surface area contributed by atoms with Gasteiger partial charge >= 0.3 is 0 Å². The number of nitrogens with one attached hydrogen (secondary N) is 1. The van der Waals surface area contributed by atoms with Crippen LogP contribution in [0.2, 0.25) is 0 Å². The van der Waals surface area contributed by atoms with Gasteiger partial charge < -0.3 is 9.88 Å². The van der Waals surface area contributed by atoms with E-state index in [2.05, 4.69) is 26.8 Å². The summed E-state index contributed by atoms with van der Waals surface area (Å²) in [4.78, 5) is 33.9. The Morgan fingerprint density at radius 2 is 2.00 bits per heavy atom. The molecule has 27 heavy (non-hydrogen) atoms. The minimum absolute atomic E-state index is 0.0180. The number of fused-ring (bicyclic) bond motifs is 2. The highest BCUT2D eigenvalue weighted by Gasteiger charge is 2.46. The standard InChI is InChI=1S/C20H28N6O/c1-3-4-8-26-9-5-16-18(24-14-23-16)20(26)6-10-25(11-7-20)19(27)17-13-21-15(2)12-22-17/h12-14H,3-11H2,1-2H3,(H,23,24). The van der Waals surface area contributed by atoms with Gasteiger partial charge in [-0.2, -0.15) is 0 Å². The fourth-order valence-corrected chi connectivity index (χ4v) is 4.50. The fourth-order valence-electron chi connectivity index (χ4n) is 4.50. The monoisotopic (exact) mass is 368 g/mol. The van der Waals surface area contributed by atoms with E-state index in [9.17, 15) is 4.79 Å². The Bertz CT molecular complexity index is 791. The Morgan fingerprint density at radius 1 is 1.19 bits per heavy atom. The van der Waals surface area contributed by atoms with Crippen LogP contribution in [-0.2, 0) is 12.0 Å². The number of aromatic amines is 1. The van der Waals surface area contributed by atoms with E-state index in [1.54, 1.807) is 12.4 Å². The van der Waals surface area contributed by atoms with Crippen molar-refractivity contribution in [3.05, 3.63) is 41.5 Å². The first-order valence-corrected chi connectivity index (χ1v) is 10.00. The summed E-state index contributed by atoms with van der Waals surface area (Å²) in [7, 11) is 0. The van der Waals surface area contributed by atoms with E-state index in [0.717, 1.165) is 51.1 Å². The number of aromatic nitrogens is 4. The number of hydrogen-bond donors (Lipinski definition) is 1. The number of amides is 1. The van der Waals surface area contributed by atoms with Crippen LogP contribution in [0, 0.1) is 6.92 Å². The lowest BCUT2D eigenvalue weighted by atomic mass is 9.78. The van der Waals surface area contributed by atoms with Gasteiger partial charge in [-0.25, -0.2) is 9.97 Å². The number of aryl methyl sites for hydroxylation is 1. The quantitative estimate of drug-likeness (QED) is 0.896. The molecular formula is C20H28N6O. The summed E-state index contributed by atoms with van der Waals surface area (Å²) < 4.78 is 0. The van der Waals surface area contributed by atoms with Crippen molar-refractivity contribution in [2.24, 2.45) is 0 Å². The van der Waals surface area contributed by atoms with Crippen LogP contribution >= 0.6 is 0 Å². The molecule has 0 unspecified atom stereocenters. The SMILES string of the molecule is CCCCN1CCc2[nH]cnc2C12CCN(C(=O)c1cnc(C)cn1)CC2. The summed E-state index contributed by atoms with van der Waals surface area (Å²) in [5.74, 6) is -0.0180. The Morgan fingerprint density at radius 3 is 2.70 bits per heavy atom. The molecule has 7 nitrogen and oxygen atoms in total. The van der Waals surface area contributed by atoms with Crippen molar-refractivity contribution in [3.63, 3.8) is 0 Å². The zero-order valence-electron chi connectivity index (χ0n) is 16.2. The predicted octanol–water partition coefficient (Wildman–Crippen LogP) is 2.30. The molecule has 2 aromatic rings. The first kappa shape index (κ1) is 18.1. The first-order valence-electron chi connectivity index (χ1n) is 10.00. The molecule has 2 aliphatic rings. The molecule has 2 aliphatic heterocycles. The second-order valence-corrected chi connectivity index (χ2v) is 7.69. The highest BCUT2D eigenvalue weighted by Crippen LogP contribution is 2.42. The lowest BCUT2D eigenvalue weighted by Crippen LogP contribution is -2.57. The molecule has 0 aromatic carbocycles. The van der Waals surface area contributed by atoms with Gasteiger partial charge in [0.1, 0.15) is 5.69 Å². The number of unbranched alkanes of at least 4 members (excludes halogenated alkanes) is 1. The molecule has 4 heterocycles. The maximum Gasteiger partial charge on any atom is 0.274 e. The van der Waals surface area contributed by atoms with Crippen LogP contribution in [0.4, 0.5) is 0 Å². The van der Waals surface area contributed by atoms with Crippen molar-refractivity contribution in [3.8, 4) is 0 Å². The third-order valence-electron chi connectivity index (χ3n) is 6.06. The second-order valence-electron chi connectivity index (χ2n) is 7.69. The molecule has 1 N–H and O–H groups in total. The molecule has 7 heteroatoms. The molecule has 2 aromatic heterocycles. The van der Waals surface area contributed by atoms with Gasteiger partial charge in [0.15, 0.2) is 0 Å².